The maximum Gasteiger partial charge on any atom is 0.263 e. The molecular formula is C19H24N6O2. The SMILES string of the molecule is Cc1ccn(C(C)CN(C)C)c(=O)c1C(=O)NCc1cnc2cnccn12. The lowest BCUT2D eigenvalue weighted by atomic mass is 10.1. The van der Waals surface area contributed by atoms with Gasteiger partial charge in [0.2, 0.25) is 0 Å². The van der Waals surface area contributed by atoms with Crippen LogP contribution in [0.25, 0.3) is 5.65 Å². The van der Waals surface area contributed by atoms with Crippen LogP contribution < -0.4 is 10.9 Å². The summed E-state index contributed by atoms with van der Waals surface area (Å²) in [5.74, 6) is -0.382. The zero-order valence-electron chi connectivity index (χ0n) is 16.0. The number of nitrogens with one attached hydrogen (secondary N) is 1. The summed E-state index contributed by atoms with van der Waals surface area (Å²) in [5, 5.41) is 2.84. The number of rotatable bonds is 6. The number of pyridine rings is 1. The summed E-state index contributed by atoms with van der Waals surface area (Å²) in [7, 11) is 3.91. The average molecular weight is 368 g/mol. The highest BCUT2D eigenvalue weighted by molar-refractivity contribution is 5.95. The number of hydrogen-bond acceptors (Lipinski definition) is 5. The van der Waals surface area contributed by atoms with E-state index in [-0.39, 0.29) is 29.6 Å². The first-order valence-electron chi connectivity index (χ1n) is 8.79. The van der Waals surface area contributed by atoms with E-state index in [1.54, 1.807) is 42.5 Å². The third-order valence-electron chi connectivity index (χ3n) is 4.48. The number of aryl methyl sites for hydroxylation is 1. The van der Waals surface area contributed by atoms with Gasteiger partial charge in [0.1, 0.15) is 5.56 Å². The number of aromatic nitrogens is 4. The Balaban J connectivity index is 1.83. The molecule has 8 heteroatoms. The average Bonchev–Trinajstić information content (AvgIpc) is 3.02. The van der Waals surface area contributed by atoms with E-state index in [9.17, 15) is 9.59 Å². The van der Waals surface area contributed by atoms with Crippen LogP contribution in [0.1, 0.15) is 34.6 Å². The molecule has 0 fully saturated rings. The van der Waals surface area contributed by atoms with Crippen molar-refractivity contribution < 1.29 is 4.79 Å². The zero-order valence-corrected chi connectivity index (χ0v) is 16.0. The van der Waals surface area contributed by atoms with Crippen LogP contribution in [0.15, 0.2) is 41.8 Å². The molecule has 3 aromatic rings. The number of likely N-dealkylation sites (N-methyl/N-ethyl adjacent to an activating group) is 1. The molecule has 1 atom stereocenters. The minimum atomic E-state index is -0.382. The Hall–Kier alpha value is -3.00. The van der Waals surface area contributed by atoms with E-state index >= 15 is 0 Å². The van der Waals surface area contributed by atoms with Gasteiger partial charge in [0.15, 0.2) is 5.65 Å². The smallest absolute Gasteiger partial charge is 0.263 e. The molecule has 3 aromatic heterocycles. The summed E-state index contributed by atoms with van der Waals surface area (Å²) in [5.41, 5.74) is 2.09. The van der Waals surface area contributed by atoms with E-state index in [2.05, 4.69) is 15.3 Å². The number of nitrogens with zero attached hydrogens (tertiary/aromatic N) is 5. The first-order valence-corrected chi connectivity index (χ1v) is 8.79. The standard InChI is InChI=1S/C19H24N6O2/c1-13-5-7-24(14(2)12-23(3)4)19(27)17(13)18(26)22-10-15-9-21-16-11-20-6-8-25(15)16/h5-9,11,14H,10,12H2,1-4H3,(H,22,26). The third kappa shape index (κ3) is 3.90. The minimum Gasteiger partial charge on any atom is -0.346 e. The minimum absolute atomic E-state index is 0.0362. The lowest BCUT2D eigenvalue weighted by Gasteiger charge is -2.20. The first kappa shape index (κ1) is 18.8. The highest BCUT2D eigenvalue weighted by Crippen LogP contribution is 2.09. The summed E-state index contributed by atoms with van der Waals surface area (Å²) < 4.78 is 3.46. The van der Waals surface area contributed by atoms with Crippen molar-refractivity contribution >= 4 is 11.6 Å². The number of fused-ring (bicyclic) bond motifs is 1. The predicted molar refractivity (Wildman–Crippen MR) is 103 cm³/mol. The van der Waals surface area contributed by atoms with Gasteiger partial charge in [-0.2, -0.15) is 0 Å². The van der Waals surface area contributed by atoms with Crippen LogP contribution in [0.5, 0.6) is 0 Å². The molecule has 3 heterocycles. The molecule has 8 nitrogen and oxygen atoms in total. The van der Waals surface area contributed by atoms with Gasteiger partial charge < -0.3 is 14.8 Å². The van der Waals surface area contributed by atoms with Crippen LogP contribution in [0, 0.1) is 6.92 Å². The topological polar surface area (TPSA) is 84.5 Å². The van der Waals surface area contributed by atoms with Crippen molar-refractivity contribution in [3.05, 3.63) is 64.2 Å². The molecule has 1 amide bonds. The lowest BCUT2D eigenvalue weighted by molar-refractivity contribution is 0.0947. The Morgan fingerprint density at radius 3 is 2.81 bits per heavy atom. The van der Waals surface area contributed by atoms with E-state index in [1.807, 2.05) is 36.4 Å². The molecule has 1 N–H and O–H groups in total. The molecule has 0 aliphatic heterocycles. The molecule has 0 aromatic carbocycles. The van der Waals surface area contributed by atoms with Crippen molar-refractivity contribution in [1.82, 2.24) is 29.2 Å². The molecule has 0 saturated heterocycles. The second-order valence-electron chi connectivity index (χ2n) is 6.93. The Bertz CT molecular complexity index is 1020. The lowest BCUT2D eigenvalue weighted by Crippen LogP contribution is -2.36. The second-order valence-corrected chi connectivity index (χ2v) is 6.93. The molecule has 0 bridgehead atoms. The fourth-order valence-corrected chi connectivity index (χ4v) is 3.17. The number of carbonyl (C=O) groups is 1. The van der Waals surface area contributed by atoms with Gasteiger partial charge in [-0.25, -0.2) is 4.98 Å². The van der Waals surface area contributed by atoms with Gasteiger partial charge in [-0.15, -0.1) is 0 Å². The molecule has 142 valence electrons. The van der Waals surface area contributed by atoms with E-state index in [4.69, 9.17) is 0 Å². The Morgan fingerprint density at radius 2 is 2.07 bits per heavy atom. The van der Waals surface area contributed by atoms with Gasteiger partial charge in [-0.1, -0.05) is 0 Å². The van der Waals surface area contributed by atoms with Gasteiger partial charge in [0.05, 0.1) is 24.6 Å². The molecular weight excluding hydrogens is 344 g/mol. The fourth-order valence-electron chi connectivity index (χ4n) is 3.17. The molecule has 27 heavy (non-hydrogen) atoms. The van der Waals surface area contributed by atoms with Crippen LogP contribution in [-0.4, -0.2) is 50.4 Å². The van der Waals surface area contributed by atoms with Gasteiger partial charge in [-0.05, 0) is 39.6 Å². The second kappa shape index (κ2) is 7.71. The van der Waals surface area contributed by atoms with Crippen molar-refractivity contribution in [1.29, 1.82) is 0 Å². The number of hydrogen-bond donors (Lipinski definition) is 1. The summed E-state index contributed by atoms with van der Waals surface area (Å²) in [6.07, 6.45) is 8.53. The van der Waals surface area contributed by atoms with Crippen LogP contribution in [0.4, 0.5) is 0 Å². The van der Waals surface area contributed by atoms with Crippen molar-refractivity contribution in [3.8, 4) is 0 Å². The van der Waals surface area contributed by atoms with Crippen molar-refractivity contribution in [2.75, 3.05) is 20.6 Å². The Kier molecular flexibility index (Phi) is 5.36. The van der Waals surface area contributed by atoms with Crippen LogP contribution in [0.2, 0.25) is 0 Å². The maximum absolute atomic E-state index is 12.9. The van der Waals surface area contributed by atoms with Crippen LogP contribution in [0.3, 0.4) is 0 Å². The number of imidazole rings is 1. The summed E-state index contributed by atoms with van der Waals surface area (Å²) >= 11 is 0. The summed E-state index contributed by atoms with van der Waals surface area (Å²) in [6, 6.07) is 1.77. The third-order valence-corrected chi connectivity index (χ3v) is 4.48. The van der Waals surface area contributed by atoms with Gasteiger partial charge in [-0.3, -0.25) is 19.0 Å². The maximum atomic E-state index is 12.9. The highest BCUT2D eigenvalue weighted by Gasteiger charge is 2.18. The molecule has 3 rings (SSSR count). The summed E-state index contributed by atoms with van der Waals surface area (Å²) in [6.45, 7) is 4.72. The normalized spacial score (nSPS) is 12.5. The zero-order chi connectivity index (χ0) is 19.6. The quantitative estimate of drug-likeness (QED) is 0.708. The molecule has 0 aliphatic rings. The molecule has 0 radical (unpaired) electrons. The van der Waals surface area contributed by atoms with E-state index in [0.717, 1.165) is 5.69 Å². The van der Waals surface area contributed by atoms with E-state index in [0.29, 0.717) is 17.8 Å². The molecule has 1 unspecified atom stereocenters. The van der Waals surface area contributed by atoms with Crippen LogP contribution >= 0.6 is 0 Å². The number of carbonyl (C=O) groups excluding carboxylic acids is 1. The van der Waals surface area contributed by atoms with E-state index in [1.165, 1.54) is 0 Å². The Labute approximate surface area is 157 Å². The Morgan fingerprint density at radius 1 is 1.30 bits per heavy atom. The molecule has 0 saturated carbocycles. The van der Waals surface area contributed by atoms with Gasteiger partial charge in [0, 0.05) is 31.2 Å². The number of amides is 1. The van der Waals surface area contributed by atoms with Gasteiger partial charge in [0.25, 0.3) is 11.5 Å². The fraction of sp³-hybridized carbons (Fsp3) is 0.368. The molecule has 0 spiro atoms. The van der Waals surface area contributed by atoms with Crippen molar-refractivity contribution in [3.63, 3.8) is 0 Å². The highest BCUT2D eigenvalue weighted by atomic mass is 16.2. The predicted octanol–water partition coefficient (Wildman–Crippen LogP) is 1.25. The van der Waals surface area contributed by atoms with Gasteiger partial charge >= 0.3 is 0 Å². The van der Waals surface area contributed by atoms with E-state index < -0.39 is 0 Å². The largest absolute Gasteiger partial charge is 0.346 e. The molecule has 0 aliphatic carbocycles. The van der Waals surface area contributed by atoms with Crippen LogP contribution in [-0.2, 0) is 6.54 Å². The first-order chi connectivity index (χ1) is 12.9. The van der Waals surface area contributed by atoms with Crippen molar-refractivity contribution in [2.45, 2.75) is 26.4 Å². The monoisotopic (exact) mass is 368 g/mol. The summed E-state index contributed by atoms with van der Waals surface area (Å²) in [4.78, 5) is 35.9. The van der Waals surface area contributed by atoms with Crippen molar-refractivity contribution in [2.24, 2.45) is 0 Å².